The van der Waals surface area contributed by atoms with E-state index in [-0.39, 0.29) is 31.5 Å². The van der Waals surface area contributed by atoms with Gasteiger partial charge >= 0.3 is 0 Å². The van der Waals surface area contributed by atoms with Gasteiger partial charge in [0.2, 0.25) is 5.91 Å². The molecule has 0 aliphatic carbocycles. The molecule has 7 heteroatoms. The van der Waals surface area contributed by atoms with Crippen LogP contribution in [0.2, 0.25) is 5.02 Å². The molecule has 0 aliphatic rings. The summed E-state index contributed by atoms with van der Waals surface area (Å²) in [5.41, 5.74) is 1.52. The van der Waals surface area contributed by atoms with Crippen LogP contribution in [0.5, 0.6) is 5.75 Å². The van der Waals surface area contributed by atoms with Gasteiger partial charge in [-0.2, -0.15) is 0 Å². The fourth-order valence-electron chi connectivity index (χ4n) is 3.65. The van der Waals surface area contributed by atoms with Crippen molar-refractivity contribution in [2.24, 2.45) is 0 Å². The van der Waals surface area contributed by atoms with Crippen molar-refractivity contribution in [2.45, 2.75) is 19.1 Å². The summed E-state index contributed by atoms with van der Waals surface area (Å²) in [5, 5.41) is 3.49. The molecule has 4 rings (SSSR count). The summed E-state index contributed by atoms with van der Waals surface area (Å²) in [5.74, 6) is 0.541. The number of carbonyl (C=O) groups excluding carboxylic acids is 2. The van der Waals surface area contributed by atoms with Crippen molar-refractivity contribution in [2.75, 3.05) is 6.61 Å². The van der Waals surface area contributed by atoms with Gasteiger partial charge in [0.1, 0.15) is 17.6 Å². The zero-order valence-corrected chi connectivity index (χ0v) is 19.7. The minimum atomic E-state index is -0.881. The van der Waals surface area contributed by atoms with Crippen LogP contribution >= 0.6 is 11.6 Å². The number of amides is 2. The van der Waals surface area contributed by atoms with E-state index in [9.17, 15) is 9.59 Å². The first-order valence-electron chi connectivity index (χ1n) is 11.2. The number of furan rings is 1. The Balaban J connectivity index is 1.62. The number of hydrogen-bond donors (Lipinski definition) is 1. The van der Waals surface area contributed by atoms with Crippen LogP contribution in [0.4, 0.5) is 0 Å². The number of carbonyl (C=O) groups is 2. The van der Waals surface area contributed by atoms with Crippen molar-refractivity contribution in [1.82, 2.24) is 10.2 Å². The number of rotatable bonds is 10. The fraction of sp³-hybridized carbons (Fsp3) is 0.143. The number of benzene rings is 3. The minimum absolute atomic E-state index is 0.196. The number of nitrogens with one attached hydrogen (secondary N) is 1. The number of hydrogen-bond acceptors (Lipinski definition) is 4. The van der Waals surface area contributed by atoms with Gasteiger partial charge < -0.3 is 19.4 Å². The summed E-state index contributed by atoms with van der Waals surface area (Å²) < 4.78 is 11.1. The molecule has 35 heavy (non-hydrogen) atoms. The molecule has 6 nitrogen and oxygen atoms in total. The first-order chi connectivity index (χ1) is 17.1. The third-order valence-electron chi connectivity index (χ3n) is 5.38. The minimum Gasteiger partial charge on any atom is -0.484 e. The Hall–Kier alpha value is -4.03. The van der Waals surface area contributed by atoms with Crippen LogP contribution in [0.25, 0.3) is 0 Å². The Morgan fingerprint density at radius 3 is 2.23 bits per heavy atom. The zero-order chi connectivity index (χ0) is 24.5. The lowest BCUT2D eigenvalue weighted by Gasteiger charge is -2.31. The monoisotopic (exact) mass is 488 g/mol. The summed E-state index contributed by atoms with van der Waals surface area (Å²) in [6.45, 7) is 0.187. The molecule has 0 fully saturated rings. The van der Waals surface area contributed by atoms with E-state index in [1.54, 1.807) is 42.7 Å². The second kappa shape index (κ2) is 11.9. The Morgan fingerprint density at radius 2 is 1.57 bits per heavy atom. The van der Waals surface area contributed by atoms with Gasteiger partial charge in [-0.15, -0.1) is 0 Å². The molecule has 0 bridgehead atoms. The van der Waals surface area contributed by atoms with Crippen LogP contribution < -0.4 is 10.1 Å². The molecule has 2 amide bonds. The van der Waals surface area contributed by atoms with Crippen molar-refractivity contribution in [3.8, 4) is 5.75 Å². The summed E-state index contributed by atoms with van der Waals surface area (Å²) >= 11 is 6.05. The van der Waals surface area contributed by atoms with Crippen molar-refractivity contribution in [3.63, 3.8) is 0 Å². The highest BCUT2D eigenvalue weighted by Gasteiger charge is 2.32. The number of nitrogens with zero attached hydrogens (tertiary/aromatic N) is 1. The highest BCUT2D eigenvalue weighted by molar-refractivity contribution is 6.30. The molecule has 3 aromatic carbocycles. The highest BCUT2D eigenvalue weighted by Crippen LogP contribution is 2.25. The summed E-state index contributed by atoms with van der Waals surface area (Å²) in [6, 6.07) is 28.2. The van der Waals surface area contributed by atoms with Crippen LogP contribution in [-0.2, 0) is 22.7 Å². The SMILES string of the molecule is O=C(NCc1ccco1)[C@@H](c1ccccc1)N(Cc1ccc(Cl)cc1)C(=O)COc1ccccc1. The summed E-state index contributed by atoms with van der Waals surface area (Å²) in [4.78, 5) is 28.5. The second-order valence-corrected chi connectivity index (χ2v) is 8.30. The van der Waals surface area contributed by atoms with E-state index >= 15 is 0 Å². The van der Waals surface area contributed by atoms with Crippen LogP contribution in [0, 0.1) is 0 Å². The number of halogens is 1. The van der Waals surface area contributed by atoms with Gasteiger partial charge in [-0.3, -0.25) is 9.59 Å². The molecular weight excluding hydrogens is 464 g/mol. The van der Waals surface area contributed by atoms with Gasteiger partial charge in [0.25, 0.3) is 5.91 Å². The van der Waals surface area contributed by atoms with E-state index < -0.39 is 6.04 Å². The normalized spacial score (nSPS) is 11.5. The molecule has 0 radical (unpaired) electrons. The van der Waals surface area contributed by atoms with E-state index in [1.807, 2.05) is 60.7 Å². The van der Waals surface area contributed by atoms with Gasteiger partial charge in [-0.1, -0.05) is 72.3 Å². The van der Waals surface area contributed by atoms with Gasteiger partial charge in [0.15, 0.2) is 6.61 Å². The van der Waals surface area contributed by atoms with Crippen LogP contribution in [0.3, 0.4) is 0 Å². The quantitative estimate of drug-likeness (QED) is 0.324. The topological polar surface area (TPSA) is 71.8 Å². The molecule has 0 saturated heterocycles. The predicted octanol–water partition coefficient (Wildman–Crippen LogP) is 5.40. The summed E-state index contributed by atoms with van der Waals surface area (Å²) in [7, 11) is 0. The maximum atomic E-state index is 13.5. The summed E-state index contributed by atoms with van der Waals surface area (Å²) in [6.07, 6.45) is 1.55. The Labute approximate surface area is 209 Å². The highest BCUT2D eigenvalue weighted by atomic mass is 35.5. The Bertz CT molecular complexity index is 1210. The van der Waals surface area contributed by atoms with E-state index in [2.05, 4.69) is 5.32 Å². The van der Waals surface area contributed by atoms with Crippen LogP contribution in [-0.4, -0.2) is 23.3 Å². The standard InChI is InChI=1S/C28H25ClN2O4/c29-23-15-13-21(14-16-23)19-31(26(32)20-35-24-10-5-2-6-11-24)27(22-8-3-1-4-9-22)28(33)30-18-25-12-7-17-34-25/h1-17,27H,18-20H2,(H,30,33)/t27-/m1/s1. The molecular formula is C28H25ClN2O4. The van der Waals surface area contributed by atoms with Gasteiger partial charge in [0.05, 0.1) is 12.8 Å². The van der Waals surface area contributed by atoms with Crippen molar-refractivity contribution < 1.29 is 18.7 Å². The van der Waals surface area contributed by atoms with E-state index in [0.717, 1.165) is 5.56 Å². The maximum absolute atomic E-state index is 13.5. The maximum Gasteiger partial charge on any atom is 0.261 e. The average molecular weight is 489 g/mol. The molecule has 1 heterocycles. The molecule has 0 spiro atoms. The number of para-hydroxylation sites is 1. The second-order valence-electron chi connectivity index (χ2n) is 7.86. The molecule has 0 saturated carbocycles. The lowest BCUT2D eigenvalue weighted by Crippen LogP contribution is -2.45. The van der Waals surface area contributed by atoms with E-state index in [1.165, 1.54) is 4.90 Å². The lowest BCUT2D eigenvalue weighted by atomic mass is 10.0. The van der Waals surface area contributed by atoms with Gasteiger partial charge in [0, 0.05) is 11.6 Å². The van der Waals surface area contributed by atoms with Crippen molar-refractivity contribution in [3.05, 3.63) is 125 Å². The third kappa shape index (κ3) is 6.74. The molecule has 1 atom stereocenters. The first-order valence-corrected chi connectivity index (χ1v) is 11.5. The van der Waals surface area contributed by atoms with Crippen molar-refractivity contribution >= 4 is 23.4 Å². The van der Waals surface area contributed by atoms with Crippen LogP contribution in [0.1, 0.15) is 22.9 Å². The first kappa shape index (κ1) is 24.1. The van der Waals surface area contributed by atoms with Gasteiger partial charge in [-0.25, -0.2) is 0 Å². The smallest absolute Gasteiger partial charge is 0.261 e. The van der Waals surface area contributed by atoms with E-state index in [4.69, 9.17) is 20.8 Å². The lowest BCUT2D eigenvalue weighted by molar-refractivity contribution is -0.143. The van der Waals surface area contributed by atoms with Gasteiger partial charge in [-0.05, 0) is 47.5 Å². The van der Waals surface area contributed by atoms with E-state index in [0.29, 0.717) is 22.1 Å². The fourth-order valence-corrected chi connectivity index (χ4v) is 3.77. The molecule has 178 valence electrons. The number of ether oxygens (including phenoxy) is 1. The molecule has 1 aromatic heterocycles. The molecule has 1 N–H and O–H groups in total. The molecule has 4 aromatic rings. The predicted molar refractivity (Wildman–Crippen MR) is 134 cm³/mol. The largest absolute Gasteiger partial charge is 0.484 e. The Kier molecular flexibility index (Phi) is 8.20. The van der Waals surface area contributed by atoms with Crippen LogP contribution in [0.15, 0.2) is 108 Å². The third-order valence-corrected chi connectivity index (χ3v) is 5.64. The Morgan fingerprint density at radius 1 is 0.886 bits per heavy atom. The average Bonchev–Trinajstić information content (AvgIpc) is 3.42. The zero-order valence-electron chi connectivity index (χ0n) is 19.0. The molecule has 0 unspecified atom stereocenters. The molecule has 0 aliphatic heterocycles. The van der Waals surface area contributed by atoms with Crippen molar-refractivity contribution in [1.29, 1.82) is 0 Å².